The van der Waals surface area contributed by atoms with Crippen molar-refractivity contribution in [2.45, 2.75) is 50.0 Å². The van der Waals surface area contributed by atoms with Gasteiger partial charge in [-0.1, -0.05) is 18.2 Å². The van der Waals surface area contributed by atoms with Crippen LogP contribution >= 0.6 is 11.8 Å². The number of aromatic nitrogens is 2. The zero-order valence-corrected chi connectivity index (χ0v) is 17.4. The topological polar surface area (TPSA) is 97.0 Å². The van der Waals surface area contributed by atoms with Crippen molar-refractivity contribution in [3.63, 3.8) is 0 Å². The Labute approximate surface area is 174 Å². The van der Waals surface area contributed by atoms with Crippen LogP contribution < -0.4 is 5.32 Å². The highest BCUT2D eigenvalue weighted by Gasteiger charge is 2.35. The number of ether oxygens (including phenoxy) is 1. The van der Waals surface area contributed by atoms with E-state index in [1.54, 1.807) is 0 Å². The van der Waals surface area contributed by atoms with Gasteiger partial charge in [0.2, 0.25) is 0 Å². The van der Waals surface area contributed by atoms with Crippen LogP contribution in [0.4, 0.5) is 0 Å². The molecule has 1 amide bonds. The van der Waals surface area contributed by atoms with E-state index in [1.165, 1.54) is 11.8 Å². The van der Waals surface area contributed by atoms with Gasteiger partial charge in [-0.15, -0.1) is 11.8 Å². The normalized spacial score (nSPS) is 14.9. The number of para-hydroxylation sites is 1. The van der Waals surface area contributed by atoms with Gasteiger partial charge in [0.25, 0.3) is 5.91 Å². The second-order valence-electron chi connectivity index (χ2n) is 7.15. The molecular weight excluding hydrogens is 388 g/mol. The van der Waals surface area contributed by atoms with E-state index in [-0.39, 0.29) is 12.4 Å². The Hall–Kier alpha value is -2.79. The molecule has 1 N–H and O–H groups in total. The first kappa shape index (κ1) is 20.9. The molecule has 0 aliphatic heterocycles. The van der Waals surface area contributed by atoms with Crippen molar-refractivity contribution in [3.8, 4) is 11.8 Å². The third kappa shape index (κ3) is 4.98. The van der Waals surface area contributed by atoms with Crippen molar-refractivity contribution in [1.29, 1.82) is 5.26 Å². The van der Waals surface area contributed by atoms with Crippen molar-refractivity contribution in [2.75, 3.05) is 12.4 Å². The molecule has 7 nitrogen and oxygen atoms in total. The van der Waals surface area contributed by atoms with E-state index in [4.69, 9.17) is 4.74 Å². The summed E-state index contributed by atoms with van der Waals surface area (Å²) in [5.74, 6) is -0.830. The summed E-state index contributed by atoms with van der Waals surface area (Å²) in [7, 11) is 0. The van der Waals surface area contributed by atoms with Crippen LogP contribution in [0, 0.1) is 25.2 Å². The average Bonchev–Trinajstić information content (AvgIpc) is 3.30. The van der Waals surface area contributed by atoms with Crippen LogP contribution in [0.15, 0.2) is 35.2 Å². The van der Waals surface area contributed by atoms with Gasteiger partial charge in [-0.25, -0.2) is 4.68 Å². The number of nitriles is 1. The predicted octanol–water partition coefficient (Wildman–Crippen LogP) is 3.08. The molecule has 1 saturated carbocycles. The molecule has 2 aromatic rings. The Balaban J connectivity index is 1.52. The summed E-state index contributed by atoms with van der Waals surface area (Å²) in [5.41, 5.74) is 1.93. The molecule has 0 saturated heterocycles. The lowest BCUT2D eigenvalue weighted by atomic mass is 10.00. The lowest BCUT2D eigenvalue weighted by molar-refractivity contribution is -0.146. The fraction of sp³-hybridized carbons (Fsp3) is 0.429. The fourth-order valence-electron chi connectivity index (χ4n) is 3.52. The standard InChI is InChI=1S/C21H24N4O3S/c1-15-20(16(2)25(24-15)17-8-4-3-5-9-17)29-13-19(27)28-12-18(26)23-21(14-22)10-6-7-11-21/h3-5,8-9H,6-7,10-13H2,1-2H3,(H,23,26). The fourth-order valence-corrected chi connectivity index (χ4v) is 4.41. The number of carbonyl (C=O) groups excluding carboxylic acids is 2. The Morgan fingerprint density at radius 2 is 1.97 bits per heavy atom. The van der Waals surface area contributed by atoms with Crippen LogP contribution in [0.5, 0.6) is 0 Å². The number of thioether (sulfide) groups is 1. The zero-order chi connectivity index (χ0) is 20.9. The minimum absolute atomic E-state index is 0.0822. The van der Waals surface area contributed by atoms with E-state index in [9.17, 15) is 14.9 Å². The SMILES string of the molecule is Cc1nn(-c2ccccc2)c(C)c1SCC(=O)OCC(=O)NC1(C#N)CCCC1. The number of hydrogen-bond donors (Lipinski definition) is 1. The third-order valence-electron chi connectivity index (χ3n) is 4.97. The van der Waals surface area contributed by atoms with E-state index in [0.29, 0.717) is 12.8 Å². The van der Waals surface area contributed by atoms with Crippen LogP contribution in [0.2, 0.25) is 0 Å². The number of nitrogens with zero attached hydrogens (tertiary/aromatic N) is 3. The van der Waals surface area contributed by atoms with Crippen molar-refractivity contribution in [2.24, 2.45) is 0 Å². The van der Waals surface area contributed by atoms with Gasteiger partial charge < -0.3 is 10.1 Å². The lowest BCUT2D eigenvalue weighted by Gasteiger charge is -2.21. The molecule has 1 aromatic heterocycles. The van der Waals surface area contributed by atoms with Gasteiger partial charge >= 0.3 is 5.97 Å². The summed E-state index contributed by atoms with van der Waals surface area (Å²) >= 11 is 1.34. The Bertz CT molecular complexity index is 927. The first-order valence-corrected chi connectivity index (χ1v) is 10.5. The molecule has 0 radical (unpaired) electrons. The van der Waals surface area contributed by atoms with Crippen LogP contribution in [0.3, 0.4) is 0 Å². The van der Waals surface area contributed by atoms with Gasteiger partial charge in [-0.05, 0) is 51.7 Å². The number of carbonyl (C=O) groups is 2. The molecule has 152 valence electrons. The number of amides is 1. The minimum atomic E-state index is -0.807. The number of hydrogen-bond acceptors (Lipinski definition) is 6. The average molecular weight is 413 g/mol. The van der Waals surface area contributed by atoms with Crippen LogP contribution in [-0.2, 0) is 14.3 Å². The van der Waals surface area contributed by atoms with Crippen LogP contribution in [0.1, 0.15) is 37.1 Å². The van der Waals surface area contributed by atoms with Gasteiger partial charge in [0.1, 0.15) is 5.54 Å². The Morgan fingerprint density at radius 1 is 1.28 bits per heavy atom. The molecule has 1 aliphatic rings. The molecule has 1 heterocycles. The quantitative estimate of drug-likeness (QED) is 0.554. The summed E-state index contributed by atoms with van der Waals surface area (Å²) in [6.45, 7) is 3.48. The monoisotopic (exact) mass is 412 g/mol. The van der Waals surface area contributed by atoms with Gasteiger partial charge in [-0.3, -0.25) is 9.59 Å². The maximum Gasteiger partial charge on any atom is 0.316 e. The molecule has 0 bridgehead atoms. The van der Waals surface area contributed by atoms with Gasteiger partial charge in [0.05, 0.1) is 33.8 Å². The summed E-state index contributed by atoms with van der Waals surface area (Å²) in [6.07, 6.45) is 3.12. The molecule has 1 fully saturated rings. The summed E-state index contributed by atoms with van der Waals surface area (Å²) in [5, 5.41) is 16.6. The number of rotatable bonds is 7. The van der Waals surface area contributed by atoms with E-state index in [2.05, 4.69) is 16.5 Å². The van der Waals surface area contributed by atoms with Gasteiger partial charge in [0.15, 0.2) is 6.61 Å². The van der Waals surface area contributed by atoms with Crippen molar-refractivity contribution in [3.05, 3.63) is 41.7 Å². The molecule has 0 spiro atoms. The smallest absolute Gasteiger partial charge is 0.316 e. The highest BCUT2D eigenvalue weighted by Crippen LogP contribution is 2.29. The number of nitrogens with one attached hydrogen (secondary N) is 1. The van der Waals surface area contributed by atoms with E-state index < -0.39 is 17.4 Å². The summed E-state index contributed by atoms with van der Waals surface area (Å²) in [4.78, 5) is 25.1. The second kappa shape index (κ2) is 9.14. The van der Waals surface area contributed by atoms with Crippen LogP contribution in [-0.4, -0.2) is 39.6 Å². The van der Waals surface area contributed by atoms with Gasteiger partial charge in [-0.2, -0.15) is 10.4 Å². The highest BCUT2D eigenvalue weighted by molar-refractivity contribution is 8.00. The van der Waals surface area contributed by atoms with Crippen LogP contribution in [0.25, 0.3) is 5.69 Å². The van der Waals surface area contributed by atoms with Gasteiger partial charge in [0, 0.05) is 0 Å². The molecular formula is C21H24N4O3S. The first-order chi connectivity index (χ1) is 13.9. The first-order valence-electron chi connectivity index (χ1n) is 9.56. The number of benzene rings is 1. The molecule has 8 heteroatoms. The molecule has 1 aromatic carbocycles. The maximum absolute atomic E-state index is 12.1. The Morgan fingerprint density at radius 3 is 2.62 bits per heavy atom. The maximum atomic E-state index is 12.1. The third-order valence-corrected chi connectivity index (χ3v) is 6.23. The molecule has 1 aliphatic carbocycles. The van der Waals surface area contributed by atoms with E-state index in [1.807, 2.05) is 48.9 Å². The highest BCUT2D eigenvalue weighted by atomic mass is 32.2. The molecule has 29 heavy (non-hydrogen) atoms. The van der Waals surface area contributed by atoms with Crippen molar-refractivity contribution < 1.29 is 14.3 Å². The number of aryl methyl sites for hydroxylation is 1. The summed E-state index contributed by atoms with van der Waals surface area (Å²) in [6, 6.07) is 12.0. The van der Waals surface area contributed by atoms with Crippen molar-refractivity contribution >= 4 is 23.6 Å². The van der Waals surface area contributed by atoms with Crippen molar-refractivity contribution in [1.82, 2.24) is 15.1 Å². The molecule has 3 rings (SSSR count). The zero-order valence-electron chi connectivity index (χ0n) is 16.6. The van der Waals surface area contributed by atoms with E-state index >= 15 is 0 Å². The summed E-state index contributed by atoms with van der Waals surface area (Å²) < 4.78 is 6.93. The Kier molecular flexibility index (Phi) is 6.60. The predicted molar refractivity (Wildman–Crippen MR) is 110 cm³/mol. The molecule has 0 atom stereocenters. The lowest BCUT2D eigenvalue weighted by Crippen LogP contribution is -2.46. The number of esters is 1. The van der Waals surface area contributed by atoms with E-state index in [0.717, 1.165) is 34.8 Å². The largest absolute Gasteiger partial charge is 0.455 e. The molecule has 0 unspecified atom stereocenters. The second-order valence-corrected chi connectivity index (χ2v) is 8.13. The minimum Gasteiger partial charge on any atom is -0.455 e.